The van der Waals surface area contributed by atoms with Crippen LogP contribution in [0, 0.1) is 5.82 Å². The van der Waals surface area contributed by atoms with Crippen molar-refractivity contribution in [2.75, 3.05) is 5.32 Å². The average molecular weight is 328 g/mol. The molecule has 2 aromatic rings. The maximum Gasteiger partial charge on any atom is 0.307 e. The molecule has 0 bridgehead atoms. The Labute approximate surface area is 131 Å². The van der Waals surface area contributed by atoms with Gasteiger partial charge in [0.2, 0.25) is 0 Å². The van der Waals surface area contributed by atoms with Gasteiger partial charge in [-0.2, -0.15) is 0 Å². The Hall–Kier alpha value is -1.78. The van der Waals surface area contributed by atoms with Gasteiger partial charge in [-0.05, 0) is 23.3 Å². The summed E-state index contributed by atoms with van der Waals surface area (Å²) in [7, 11) is 0. The number of nitrogens with one attached hydrogen (secondary N) is 1. The Morgan fingerprint density at radius 3 is 2.14 bits per heavy atom. The number of halogens is 3. The Morgan fingerprint density at radius 1 is 1.10 bits per heavy atom. The molecule has 2 aromatic carbocycles. The fourth-order valence-corrected chi connectivity index (χ4v) is 2.45. The van der Waals surface area contributed by atoms with Crippen LogP contribution in [0.25, 0.3) is 0 Å². The molecule has 2 N–H and O–H groups in total. The van der Waals surface area contributed by atoms with Crippen molar-refractivity contribution in [1.29, 1.82) is 0 Å². The second-order valence-corrected chi connectivity index (χ2v) is 5.30. The maximum atomic E-state index is 13.1. The smallest absolute Gasteiger partial charge is 0.307 e. The minimum atomic E-state index is -0.870. The van der Waals surface area contributed by atoms with Crippen molar-refractivity contribution in [3.05, 3.63) is 63.4 Å². The van der Waals surface area contributed by atoms with Gasteiger partial charge in [-0.3, -0.25) is 4.79 Å². The zero-order valence-electron chi connectivity index (χ0n) is 10.9. The van der Waals surface area contributed by atoms with Gasteiger partial charge in [-0.1, -0.05) is 47.5 Å². The molecule has 3 nitrogen and oxygen atoms in total. The summed E-state index contributed by atoms with van der Waals surface area (Å²) < 4.78 is 13.1. The van der Waals surface area contributed by atoms with E-state index in [-0.39, 0.29) is 16.5 Å². The fraction of sp³-hybridized carbons (Fsp3) is 0.133. The molecule has 0 aromatic heterocycles. The molecule has 0 fully saturated rings. The van der Waals surface area contributed by atoms with Crippen LogP contribution < -0.4 is 5.32 Å². The molecular weight excluding hydrogens is 316 g/mol. The number of aliphatic carboxylic acids is 1. The van der Waals surface area contributed by atoms with Crippen LogP contribution in [0.2, 0.25) is 10.0 Å². The summed E-state index contributed by atoms with van der Waals surface area (Å²) in [5.41, 5.74) is 2.12. The number of carboxylic acid groups (broad SMARTS) is 1. The standard InChI is InChI=1S/C15H12Cl2FNO2/c16-12-6-11(18)7-13(17)15(12)19-8-10-3-1-9(2-4-10)5-14(20)21/h1-4,6-7,19H,5,8H2,(H,20,21). The molecular formula is C15H12Cl2FNO2. The van der Waals surface area contributed by atoms with Crippen LogP contribution in [0.3, 0.4) is 0 Å². The van der Waals surface area contributed by atoms with E-state index in [1.54, 1.807) is 12.1 Å². The molecule has 0 atom stereocenters. The van der Waals surface area contributed by atoms with Crippen LogP contribution in [0.5, 0.6) is 0 Å². The molecule has 0 saturated carbocycles. The summed E-state index contributed by atoms with van der Waals surface area (Å²) >= 11 is 11.9. The molecule has 0 spiro atoms. The zero-order chi connectivity index (χ0) is 15.4. The van der Waals surface area contributed by atoms with Crippen LogP contribution in [-0.4, -0.2) is 11.1 Å². The molecule has 2 rings (SSSR count). The first-order valence-electron chi connectivity index (χ1n) is 6.13. The Balaban J connectivity index is 2.05. The highest BCUT2D eigenvalue weighted by Gasteiger charge is 2.08. The molecule has 0 saturated heterocycles. The zero-order valence-corrected chi connectivity index (χ0v) is 12.4. The molecule has 0 aliphatic carbocycles. The van der Waals surface area contributed by atoms with E-state index in [0.717, 1.165) is 11.1 Å². The molecule has 0 radical (unpaired) electrons. The number of hydrogen-bond acceptors (Lipinski definition) is 2. The monoisotopic (exact) mass is 327 g/mol. The van der Waals surface area contributed by atoms with E-state index in [1.165, 1.54) is 12.1 Å². The molecule has 110 valence electrons. The minimum Gasteiger partial charge on any atom is -0.481 e. The minimum absolute atomic E-state index is 0.0106. The normalized spacial score (nSPS) is 10.4. The van der Waals surface area contributed by atoms with Crippen molar-refractivity contribution in [2.45, 2.75) is 13.0 Å². The van der Waals surface area contributed by atoms with E-state index in [0.29, 0.717) is 12.2 Å². The van der Waals surface area contributed by atoms with Crippen LogP contribution in [-0.2, 0) is 17.8 Å². The molecule has 0 aliphatic heterocycles. The molecule has 21 heavy (non-hydrogen) atoms. The van der Waals surface area contributed by atoms with E-state index in [9.17, 15) is 9.18 Å². The lowest BCUT2D eigenvalue weighted by Crippen LogP contribution is -2.03. The van der Waals surface area contributed by atoms with E-state index in [1.807, 2.05) is 12.1 Å². The molecule has 0 heterocycles. The Bertz CT molecular complexity index is 636. The van der Waals surface area contributed by atoms with Crippen molar-refractivity contribution in [3.63, 3.8) is 0 Å². The van der Waals surface area contributed by atoms with Gasteiger partial charge in [-0.25, -0.2) is 4.39 Å². The van der Waals surface area contributed by atoms with Gasteiger partial charge in [-0.15, -0.1) is 0 Å². The van der Waals surface area contributed by atoms with Crippen LogP contribution >= 0.6 is 23.2 Å². The lowest BCUT2D eigenvalue weighted by atomic mass is 10.1. The van der Waals surface area contributed by atoms with Crippen LogP contribution in [0.15, 0.2) is 36.4 Å². The highest BCUT2D eigenvalue weighted by Crippen LogP contribution is 2.31. The van der Waals surface area contributed by atoms with Gasteiger partial charge in [0, 0.05) is 6.54 Å². The van der Waals surface area contributed by atoms with E-state index < -0.39 is 11.8 Å². The van der Waals surface area contributed by atoms with Gasteiger partial charge < -0.3 is 10.4 Å². The van der Waals surface area contributed by atoms with Crippen molar-refractivity contribution < 1.29 is 14.3 Å². The summed E-state index contributed by atoms with van der Waals surface area (Å²) in [5.74, 6) is -1.36. The topological polar surface area (TPSA) is 49.3 Å². The molecule has 0 amide bonds. The number of rotatable bonds is 5. The summed E-state index contributed by atoms with van der Waals surface area (Å²) in [6, 6.07) is 9.50. The van der Waals surface area contributed by atoms with Crippen LogP contribution in [0.1, 0.15) is 11.1 Å². The third kappa shape index (κ3) is 4.34. The van der Waals surface area contributed by atoms with Crippen molar-refractivity contribution >= 4 is 34.9 Å². The third-order valence-electron chi connectivity index (χ3n) is 2.85. The van der Waals surface area contributed by atoms with Gasteiger partial charge in [0.1, 0.15) is 5.82 Å². The number of carbonyl (C=O) groups is 1. The Morgan fingerprint density at radius 2 is 1.62 bits per heavy atom. The van der Waals surface area contributed by atoms with Gasteiger partial charge in [0.25, 0.3) is 0 Å². The average Bonchev–Trinajstić information content (AvgIpc) is 2.38. The van der Waals surface area contributed by atoms with Crippen molar-refractivity contribution in [3.8, 4) is 0 Å². The second-order valence-electron chi connectivity index (χ2n) is 4.49. The summed E-state index contributed by atoms with van der Waals surface area (Å²) in [6.45, 7) is 0.443. The highest BCUT2D eigenvalue weighted by molar-refractivity contribution is 6.39. The summed E-state index contributed by atoms with van der Waals surface area (Å²) in [5, 5.41) is 12.2. The first-order valence-corrected chi connectivity index (χ1v) is 6.89. The number of benzene rings is 2. The quantitative estimate of drug-likeness (QED) is 0.857. The number of anilines is 1. The third-order valence-corrected chi connectivity index (χ3v) is 3.45. The molecule has 0 unspecified atom stereocenters. The van der Waals surface area contributed by atoms with E-state index in [4.69, 9.17) is 28.3 Å². The lowest BCUT2D eigenvalue weighted by molar-refractivity contribution is -0.136. The molecule has 6 heteroatoms. The summed E-state index contributed by atoms with van der Waals surface area (Å²) in [4.78, 5) is 10.6. The largest absolute Gasteiger partial charge is 0.481 e. The first-order chi connectivity index (χ1) is 9.95. The van der Waals surface area contributed by atoms with E-state index >= 15 is 0 Å². The lowest BCUT2D eigenvalue weighted by Gasteiger charge is -2.11. The summed E-state index contributed by atoms with van der Waals surface area (Å²) in [6.07, 6.45) is -0.0106. The second kappa shape index (κ2) is 6.78. The highest BCUT2D eigenvalue weighted by atomic mass is 35.5. The fourth-order valence-electron chi connectivity index (χ4n) is 1.85. The Kier molecular flexibility index (Phi) is 5.04. The first kappa shape index (κ1) is 15.6. The molecule has 0 aliphatic rings. The van der Waals surface area contributed by atoms with Gasteiger partial charge >= 0.3 is 5.97 Å². The van der Waals surface area contributed by atoms with Gasteiger partial charge in [0.05, 0.1) is 22.2 Å². The van der Waals surface area contributed by atoms with E-state index in [2.05, 4.69) is 5.32 Å². The number of carboxylic acids is 1. The predicted molar refractivity (Wildman–Crippen MR) is 81.5 cm³/mol. The SMILES string of the molecule is O=C(O)Cc1ccc(CNc2c(Cl)cc(F)cc2Cl)cc1. The van der Waals surface area contributed by atoms with Crippen molar-refractivity contribution in [1.82, 2.24) is 0 Å². The van der Waals surface area contributed by atoms with Gasteiger partial charge in [0.15, 0.2) is 0 Å². The van der Waals surface area contributed by atoms with Crippen molar-refractivity contribution in [2.24, 2.45) is 0 Å². The predicted octanol–water partition coefficient (Wildman–Crippen LogP) is 4.37. The number of hydrogen-bond donors (Lipinski definition) is 2. The van der Waals surface area contributed by atoms with Crippen LogP contribution in [0.4, 0.5) is 10.1 Å². The maximum absolute atomic E-state index is 13.1.